The number of rotatable bonds is 5. The maximum Gasteiger partial charge on any atom is 0.405 e. The zero-order chi connectivity index (χ0) is 14.0. The van der Waals surface area contributed by atoms with Gasteiger partial charge in [0.1, 0.15) is 0 Å². The number of amides is 1. The van der Waals surface area contributed by atoms with Crippen LogP contribution in [0, 0.1) is 0 Å². The van der Waals surface area contributed by atoms with Crippen LogP contribution in [0.2, 0.25) is 10.0 Å². The molecule has 0 heterocycles. The molecular formula is C14H15Cl2NO2. The van der Waals surface area contributed by atoms with Crippen molar-refractivity contribution in [1.29, 1.82) is 0 Å². The topological polar surface area (TPSA) is 49.3 Å². The molecule has 2 N–H and O–H groups in total. The molecule has 102 valence electrons. The zero-order valence-electron chi connectivity index (χ0n) is 10.4. The first-order chi connectivity index (χ1) is 8.96. The molecule has 1 aliphatic rings. The predicted molar refractivity (Wildman–Crippen MR) is 77.2 cm³/mol. The number of hydrogen-bond acceptors (Lipinski definition) is 1. The standard InChI is InChI=1S/C14H15Cl2NO2/c1-2-3-9-6-10(12(16)11(15)7-9)8-14(4-5-14)17-13(18)19/h2,6-7,17H,1,3-5,8H2,(H,18,19). The Balaban J connectivity index is 2.24. The van der Waals surface area contributed by atoms with Gasteiger partial charge < -0.3 is 10.4 Å². The van der Waals surface area contributed by atoms with Crippen LogP contribution in [0.5, 0.6) is 0 Å². The van der Waals surface area contributed by atoms with Gasteiger partial charge in [-0.15, -0.1) is 6.58 Å². The summed E-state index contributed by atoms with van der Waals surface area (Å²) in [5.74, 6) is 0. The van der Waals surface area contributed by atoms with Gasteiger partial charge in [0, 0.05) is 5.54 Å². The van der Waals surface area contributed by atoms with E-state index in [2.05, 4.69) is 11.9 Å². The molecule has 0 spiro atoms. The lowest BCUT2D eigenvalue weighted by Gasteiger charge is -2.17. The molecule has 2 rings (SSSR count). The fraction of sp³-hybridized carbons (Fsp3) is 0.357. The second kappa shape index (κ2) is 5.43. The third-order valence-electron chi connectivity index (χ3n) is 3.30. The van der Waals surface area contributed by atoms with Gasteiger partial charge in [-0.05, 0) is 42.9 Å². The minimum absolute atomic E-state index is 0.369. The average Bonchev–Trinajstić information content (AvgIpc) is 3.04. The molecule has 1 saturated carbocycles. The largest absolute Gasteiger partial charge is 0.465 e. The summed E-state index contributed by atoms with van der Waals surface area (Å²) in [6.45, 7) is 3.70. The summed E-state index contributed by atoms with van der Waals surface area (Å²) in [4.78, 5) is 10.8. The van der Waals surface area contributed by atoms with E-state index in [9.17, 15) is 4.79 Å². The molecule has 1 aliphatic carbocycles. The molecule has 19 heavy (non-hydrogen) atoms. The third kappa shape index (κ3) is 3.43. The lowest BCUT2D eigenvalue weighted by Crippen LogP contribution is -2.37. The van der Waals surface area contributed by atoms with Gasteiger partial charge in [-0.25, -0.2) is 4.79 Å². The van der Waals surface area contributed by atoms with E-state index in [1.165, 1.54) is 0 Å². The van der Waals surface area contributed by atoms with Gasteiger partial charge in [0.25, 0.3) is 0 Å². The minimum atomic E-state index is -0.998. The Morgan fingerprint density at radius 2 is 2.16 bits per heavy atom. The highest BCUT2D eigenvalue weighted by molar-refractivity contribution is 6.42. The molecule has 3 nitrogen and oxygen atoms in total. The Morgan fingerprint density at radius 3 is 2.68 bits per heavy atom. The number of hydrogen-bond donors (Lipinski definition) is 2. The van der Waals surface area contributed by atoms with Crippen molar-refractivity contribution in [1.82, 2.24) is 5.32 Å². The molecule has 0 aromatic heterocycles. The van der Waals surface area contributed by atoms with Crippen LogP contribution < -0.4 is 5.32 Å². The van der Waals surface area contributed by atoms with E-state index >= 15 is 0 Å². The lowest BCUT2D eigenvalue weighted by atomic mass is 10.0. The highest BCUT2D eigenvalue weighted by Crippen LogP contribution is 2.41. The summed E-state index contributed by atoms with van der Waals surface area (Å²) in [7, 11) is 0. The first-order valence-corrected chi connectivity index (χ1v) is 6.80. The van der Waals surface area contributed by atoms with Crippen LogP contribution in [0.1, 0.15) is 24.0 Å². The van der Waals surface area contributed by atoms with Crippen LogP contribution in [-0.2, 0) is 12.8 Å². The van der Waals surface area contributed by atoms with Crippen LogP contribution in [0.25, 0.3) is 0 Å². The molecule has 0 saturated heterocycles. The van der Waals surface area contributed by atoms with E-state index in [0.29, 0.717) is 22.9 Å². The first kappa shape index (κ1) is 14.2. The summed E-state index contributed by atoms with van der Waals surface area (Å²) in [5.41, 5.74) is 1.55. The van der Waals surface area contributed by atoms with Crippen LogP contribution in [0.4, 0.5) is 4.79 Å². The number of carbonyl (C=O) groups is 1. The number of halogens is 2. The van der Waals surface area contributed by atoms with Crippen molar-refractivity contribution in [3.8, 4) is 0 Å². The van der Waals surface area contributed by atoms with Crippen molar-refractivity contribution in [3.05, 3.63) is 46.0 Å². The zero-order valence-corrected chi connectivity index (χ0v) is 11.9. The van der Waals surface area contributed by atoms with Gasteiger partial charge in [-0.2, -0.15) is 0 Å². The molecule has 1 amide bonds. The molecular weight excluding hydrogens is 285 g/mol. The monoisotopic (exact) mass is 299 g/mol. The van der Waals surface area contributed by atoms with Crippen LogP contribution >= 0.6 is 23.2 Å². The fourth-order valence-electron chi connectivity index (χ4n) is 2.21. The molecule has 5 heteroatoms. The smallest absolute Gasteiger partial charge is 0.405 e. The Kier molecular flexibility index (Phi) is 4.07. The molecule has 0 unspecified atom stereocenters. The number of carboxylic acid groups (broad SMARTS) is 1. The Bertz CT molecular complexity index is 524. The summed E-state index contributed by atoms with van der Waals surface area (Å²) in [5, 5.41) is 12.4. The van der Waals surface area contributed by atoms with Gasteiger partial charge >= 0.3 is 6.09 Å². The molecule has 0 atom stereocenters. The van der Waals surface area contributed by atoms with Gasteiger partial charge in [-0.3, -0.25) is 0 Å². The summed E-state index contributed by atoms with van der Waals surface area (Å²) in [6.07, 6.45) is 3.75. The second-order valence-corrected chi connectivity index (χ2v) is 5.72. The van der Waals surface area contributed by atoms with E-state index in [1.807, 2.05) is 12.1 Å². The molecule has 1 aromatic carbocycles. The maximum absolute atomic E-state index is 10.8. The normalized spacial score (nSPS) is 15.9. The second-order valence-electron chi connectivity index (χ2n) is 4.93. The van der Waals surface area contributed by atoms with Crippen LogP contribution in [-0.4, -0.2) is 16.7 Å². The number of nitrogens with one attached hydrogen (secondary N) is 1. The van der Waals surface area contributed by atoms with Gasteiger partial charge in [0.2, 0.25) is 0 Å². The van der Waals surface area contributed by atoms with Crippen molar-refractivity contribution in [2.45, 2.75) is 31.2 Å². The van der Waals surface area contributed by atoms with Gasteiger partial charge in [0.15, 0.2) is 0 Å². The molecule has 1 aromatic rings. The lowest BCUT2D eigenvalue weighted by molar-refractivity contribution is 0.188. The number of benzene rings is 1. The van der Waals surface area contributed by atoms with E-state index in [4.69, 9.17) is 28.3 Å². The molecule has 0 bridgehead atoms. The highest BCUT2D eigenvalue weighted by atomic mass is 35.5. The van der Waals surface area contributed by atoms with Gasteiger partial charge in [0.05, 0.1) is 10.0 Å². The Hall–Kier alpha value is -1.19. The Morgan fingerprint density at radius 1 is 1.47 bits per heavy atom. The Labute approximate surface area is 122 Å². The van der Waals surface area contributed by atoms with Gasteiger partial charge in [-0.1, -0.05) is 35.3 Å². The van der Waals surface area contributed by atoms with E-state index in [1.54, 1.807) is 6.08 Å². The van der Waals surface area contributed by atoms with E-state index in [0.717, 1.165) is 24.0 Å². The summed E-state index contributed by atoms with van der Waals surface area (Å²) < 4.78 is 0. The van der Waals surface area contributed by atoms with Crippen molar-refractivity contribution < 1.29 is 9.90 Å². The molecule has 0 radical (unpaired) electrons. The predicted octanol–water partition coefficient (Wildman–Crippen LogP) is 4.06. The maximum atomic E-state index is 10.8. The third-order valence-corrected chi connectivity index (χ3v) is 4.14. The van der Waals surface area contributed by atoms with Crippen molar-refractivity contribution >= 4 is 29.3 Å². The fourth-order valence-corrected chi connectivity index (χ4v) is 2.65. The summed E-state index contributed by atoms with van der Waals surface area (Å²) in [6, 6.07) is 3.79. The average molecular weight is 300 g/mol. The number of allylic oxidation sites excluding steroid dienone is 1. The van der Waals surface area contributed by atoms with Crippen LogP contribution in [0.15, 0.2) is 24.8 Å². The van der Waals surface area contributed by atoms with E-state index in [-0.39, 0.29) is 5.54 Å². The first-order valence-electron chi connectivity index (χ1n) is 6.04. The SMILES string of the molecule is C=CCc1cc(Cl)c(Cl)c(CC2(NC(=O)O)CC2)c1. The molecule has 1 fully saturated rings. The summed E-state index contributed by atoms with van der Waals surface area (Å²) >= 11 is 12.3. The van der Waals surface area contributed by atoms with E-state index < -0.39 is 6.09 Å². The van der Waals surface area contributed by atoms with Crippen LogP contribution in [0.3, 0.4) is 0 Å². The minimum Gasteiger partial charge on any atom is -0.465 e. The molecule has 0 aliphatic heterocycles. The van der Waals surface area contributed by atoms with Crippen molar-refractivity contribution in [3.63, 3.8) is 0 Å². The quantitative estimate of drug-likeness (QED) is 0.805. The highest BCUT2D eigenvalue weighted by Gasteiger charge is 2.44. The van der Waals surface area contributed by atoms with Crippen molar-refractivity contribution in [2.75, 3.05) is 0 Å². The van der Waals surface area contributed by atoms with Crippen molar-refractivity contribution in [2.24, 2.45) is 0 Å².